The van der Waals surface area contributed by atoms with E-state index in [9.17, 15) is 9.90 Å². The van der Waals surface area contributed by atoms with Gasteiger partial charge in [0.15, 0.2) is 0 Å². The van der Waals surface area contributed by atoms with E-state index in [1.54, 1.807) is 13.2 Å². The van der Waals surface area contributed by atoms with Gasteiger partial charge in [0.05, 0.1) is 7.11 Å². The molecule has 17 heavy (non-hydrogen) atoms. The highest BCUT2D eigenvalue weighted by molar-refractivity contribution is 5.78. The van der Waals surface area contributed by atoms with Gasteiger partial charge in [-0.25, -0.2) is 4.79 Å². The van der Waals surface area contributed by atoms with Crippen molar-refractivity contribution in [3.05, 3.63) is 24.3 Å². The molecule has 0 bridgehead atoms. The number of carbonyl (C=O) groups is 1. The first-order valence-corrected chi connectivity index (χ1v) is 5.48. The summed E-state index contributed by atoms with van der Waals surface area (Å²) in [6.07, 6.45) is 0. The summed E-state index contributed by atoms with van der Waals surface area (Å²) in [5, 5.41) is 12.2. The lowest BCUT2D eigenvalue weighted by molar-refractivity contribution is -0.140. The number of benzene rings is 1. The maximum Gasteiger partial charge on any atom is 0.326 e. The lowest BCUT2D eigenvalue weighted by Crippen LogP contribution is -2.41. The summed E-state index contributed by atoms with van der Waals surface area (Å²) in [6, 6.07) is 6.60. The number of rotatable bonds is 4. The van der Waals surface area contributed by atoms with Crippen molar-refractivity contribution in [1.82, 2.24) is 0 Å². The average molecular weight is 237 g/mol. The van der Waals surface area contributed by atoms with Crippen LogP contribution in [0.1, 0.15) is 20.8 Å². The van der Waals surface area contributed by atoms with E-state index in [2.05, 4.69) is 5.32 Å². The molecule has 1 aromatic carbocycles. The molecule has 0 unspecified atom stereocenters. The highest BCUT2D eigenvalue weighted by Crippen LogP contribution is 2.25. The van der Waals surface area contributed by atoms with E-state index in [0.717, 1.165) is 5.69 Å². The number of methoxy groups -OCH3 is 1. The predicted octanol–water partition coefficient (Wildman–Crippen LogP) is 2.61. The Hall–Kier alpha value is -1.71. The Kier molecular flexibility index (Phi) is 3.99. The zero-order chi connectivity index (χ0) is 13.1. The fraction of sp³-hybridized carbons (Fsp3) is 0.462. The number of carboxylic acids is 1. The van der Waals surface area contributed by atoms with E-state index >= 15 is 0 Å². The molecule has 0 aliphatic carbocycles. The van der Waals surface area contributed by atoms with Gasteiger partial charge in [0.1, 0.15) is 11.8 Å². The van der Waals surface area contributed by atoms with E-state index in [-0.39, 0.29) is 5.41 Å². The third kappa shape index (κ3) is 3.66. The molecule has 94 valence electrons. The predicted molar refractivity (Wildman–Crippen MR) is 67.5 cm³/mol. The highest BCUT2D eigenvalue weighted by atomic mass is 16.5. The summed E-state index contributed by atoms with van der Waals surface area (Å²) < 4.78 is 5.10. The number of hydrogen-bond acceptors (Lipinski definition) is 3. The molecule has 0 amide bonds. The topological polar surface area (TPSA) is 58.6 Å². The van der Waals surface area contributed by atoms with Gasteiger partial charge < -0.3 is 15.2 Å². The molecule has 0 fully saturated rings. The van der Waals surface area contributed by atoms with Crippen molar-refractivity contribution in [2.24, 2.45) is 5.41 Å². The Labute approximate surface area is 102 Å². The summed E-state index contributed by atoms with van der Waals surface area (Å²) in [5.74, 6) is -0.159. The van der Waals surface area contributed by atoms with Crippen LogP contribution < -0.4 is 10.1 Å². The number of carboxylic acid groups (broad SMARTS) is 1. The van der Waals surface area contributed by atoms with E-state index in [0.29, 0.717) is 5.75 Å². The number of ether oxygens (including phenoxy) is 1. The number of hydrogen-bond donors (Lipinski definition) is 2. The normalized spacial score (nSPS) is 12.9. The Morgan fingerprint density at radius 1 is 1.41 bits per heavy atom. The van der Waals surface area contributed by atoms with Crippen molar-refractivity contribution in [3.63, 3.8) is 0 Å². The van der Waals surface area contributed by atoms with Crippen molar-refractivity contribution >= 4 is 11.7 Å². The summed E-state index contributed by atoms with van der Waals surface area (Å²) >= 11 is 0. The van der Waals surface area contributed by atoms with Gasteiger partial charge >= 0.3 is 5.97 Å². The lowest BCUT2D eigenvalue weighted by atomic mass is 9.86. The van der Waals surface area contributed by atoms with Gasteiger partial charge in [-0.1, -0.05) is 26.8 Å². The maximum absolute atomic E-state index is 11.2. The largest absolute Gasteiger partial charge is 0.497 e. The molecule has 1 rings (SSSR count). The molecular weight excluding hydrogens is 218 g/mol. The standard InChI is InChI=1S/C13H19NO3/c1-13(2,3)11(12(15)16)14-9-6-5-7-10(8-9)17-4/h5-8,11,14H,1-4H3,(H,15,16)/t11-/m1/s1. The first kappa shape index (κ1) is 13.4. The van der Waals surface area contributed by atoms with Crippen LogP contribution in [0.2, 0.25) is 0 Å². The molecule has 0 heterocycles. The minimum absolute atomic E-state index is 0.366. The van der Waals surface area contributed by atoms with E-state index in [1.165, 1.54) is 0 Å². The van der Waals surface area contributed by atoms with Crippen LogP contribution in [0.3, 0.4) is 0 Å². The maximum atomic E-state index is 11.2. The molecule has 4 nitrogen and oxygen atoms in total. The van der Waals surface area contributed by atoms with Gasteiger partial charge in [-0.05, 0) is 17.5 Å². The summed E-state index contributed by atoms with van der Waals surface area (Å²) in [4.78, 5) is 11.2. The van der Waals surface area contributed by atoms with Crippen molar-refractivity contribution in [1.29, 1.82) is 0 Å². The summed E-state index contributed by atoms with van der Waals surface area (Å²) in [5.41, 5.74) is 0.376. The highest BCUT2D eigenvalue weighted by Gasteiger charge is 2.31. The molecule has 0 saturated heterocycles. The first-order chi connectivity index (χ1) is 7.84. The molecule has 2 N–H and O–H groups in total. The zero-order valence-electron chi connectivity index (χ0n) is 10.7. The fourth-order valence-electron chi connectivity index (χ4n) is 1.53. The van der Waals surface area contributed by atoms with Crippen molar-refractivity contribution in [2.45, 2.75) is 26.8 Å². The van der Waals surface area contributed by atoms with Crippen LogP contribution in [0.15, 0.2) is 24.3 Å². The van der Waals surface area contributed by atoms with Gasteiger partial charge in [-0.3, -0.25) is 0 Å². The Morgan fingerprint density at radius 2 is 2.06 bits per heavy atom. The summed E-state index contributed by atoms with van der Waals surface area (Å²) in [6.45, 7) is 5.66. The van der Waals surface area contributed by atoms with Crippen LogP contribution in [0.25, 0.3) is 0 Å². The SMILES string of the molecule is COc1cccc(N[C@H](C(=O)O)C(C)(C)C)c1. The second-order valence-corrected chi connectivity index (χ2v) is 5.01. The molecule has 0 aliphatic rings. The van der Waals surface area contributed by atoms with Crippen LogP contribution in [-0.2, 0) is 4.79 Å². The zero-order valence-corrected chi connectivity index (χ0v) is 10.7. The van der Waals surface area contributed by atoms with Crippen molar-refractivity contribution < 1.29 is 14.6 Å². The van der Waals surface area contributed by atoms with Crippen molar-refractivity contribution in [2.75, 3.05) is 12.4 Å². The second kappa shape index (κ2) is 5.08. The van der Waals surface area contributed by atoms with Crippen LogP contribution in [0, 0.1) is 5.41 Å². The summed E-state index contributed by atoms with van der Waals surface area (Å²) in [7, 11) is 1.58. The van der Waals surface area contributed by atoms with Gasteiger partial charge in [-0.2, -0.15) is 0 Å². The Bertz CT molecular complexity index is 396. The van der Waals surface area contributed by atoms with Crippen LogP contribution >= 0.6 is 0 Å². The van der Waals surface area contributed by atoms with Crippen LogP contribution in [0.5, 0.6) is 5.75 Å². The fourth-order valence-corrected chi connectivity index (χ4v) is 1.53. The molecule has 0 aromatic heterocycles. The van der Waals surface area contributed by atoms with Gasteiger partial charge in [0, 0.05) is 11.8 Å². The number of nitrogens with one attached hydrogen (secondary N) is 1. The molecule has 1 aromatic rings. The third-order valence-corrected chi connectivity index (χ3v) is 2.49. The molecule has 0 aliphatic heterocycles. The Balaban J connectivity index is 2.90. The second-order valence-electron chi connectivity index (χ2n) is 5.01. The monoisotopic (exact) mass is 237 g/mol. The molecular formula is C13H19NO3. The molecule has 0 spiro atoms. The third-order valence-electron chi connectivity index (χ3n) is 2.49. The molecule has 4 heteroatoms. The minimum atomic E-state index is -0.861. The number of aliphatic carboxylic acids is 1. The van der Waals surface area contributed by atoms with Gasteiger partial charge in [0.25, 0.3) is 0 Å². The minimum Gasteiger partial charge on any atom is -0.497 e. The number of anilines is 1. The van der Waals surface area contributed by atoms with E-state index < -0.39 is 12.0 Å². The molecule has 0 saturated carbocycles. The van der Waals surface area contributed by atoms with Crippen LogP contribution in [-0.4, -0.2) is 24.2 Å². The van der Waals surface area contributed by atoms with Gasteiger partial charge in [-0.15, -0.1) is 0 Å². The van der Waals surface area contributed by atoms with Crippen molar-refractivity contribution in [3.8, 4) is 5.75 Å². The van der Waals surface area contributed by atoms with E-state index in [4.69, 9.17) is 4.74 Å². The molecule has 1 atom stereocenters. The lowest BCUT2D eigenvalue weighted by Gasteiger charge is -2.28. The van der Waals surface area contributed by atoms with Gasteiger partial charge in [0.2, 0.25) is 0 Å². The van der Waals surface area contributed by atoms with Crippen LogP contribution in [0.4, 0.5) is 5.69 Å². The quantitative estimate of drug-likeness (QED) is 0.845. The average Bonchev–Trinajstić information content (AvgIpc) is 2.24. The van der Waals surface area contributed by atoms with E-state index in [1.807, 2.05) is 39.0 Å². The molecule has 0 radical (unpaired) electrons. The first-order valence-electron chi connectivity index (χ1n) is 5.48. The smallest absolute Gasteiger partial charge is 0.326 e. The Morgan fingerprint density at radius 3 is 2.53 bits per heavy atom.